The molecule has 0 saturated carbocycles. The molecule has 0 radical (unpaired) electrons. The number of carbonyl (C=O) groups excluding carboxylic acids is 2. The topological polar surface area (TPSA) is 100 Å². The second kappa shape index (κ2) is 15.4. The van der Waals surface area contributed by atoms with Crippen molar-refractivity contribution in [2.45, 2.75) is 19.4 Å². The van der Waals surface area contributed by atoms with Crippen LogP contribution in [0.5, 0.6) is 11.5 Å². The van der Waals surface area contributed by atoms with Gasteiger partial charge in [0.2, 0.25) is 6.79 Å². The average Bonchev–Trinajstić information content (AvgIpc) is 3.55. The van der Waals surface area contributed by atoms with E-state index in [0.29, 0.717) is 48.7 Å². The van der Waals surface area contributed by atoms with Crippen LogP contribution in [-0.2, 0) is 6.54 Å². The Bertz CT molecular complexity index is 1640. The zero-order valence-corrected chi connectivity index (χ0v) is 26.9. The second-order valence-electron chi connectivity index (χ2n) is 11.8. The Kier molecular flexibility index (Phi) is 10.9. The summed E-state index contributed by atoms with van der Waals surface area (Å²) in [6.45, 7) is 3.40. The summed E-state index contributed by atoms with van der Waals surface area (Å²) in [6, 6.07) is 28.9. The second-order valence-corrected chi connectivity index (χ2v) is 11.8. The molecule has 240 valence electrons. The highest BCUT2D eigenvalue weighted by molar-refractivity contribution is 6.06. The number of hydrogen-bond donors (Lipinski definition) is 2. The molecule has 3 N–H and O–H groups in total. The van der Waals surface area contributed by atoms with Crippen molar-refractivity contribution in [3.8, 4) is 22.6 Å². The summed E-state index contributed by atoms with van der Waals surface area (Å²) in [6.07, 6.45) is 1.68. The van der Waals surface area contributed by atoms with Gasteiger partial charge in [0.25, 0.3) is 11.8 Å². The van der Waals surface area contributed by atoms with Gasteiger partial charge >= 0.3 is 0 Å². The maximum atomic E-state index is 13.6. The van der Waals surface area contributed by atoms with Gasteiger partial charge in [-0.05, 0) is 105 Å². The number of nitrogens with zero attached hydrogens (tertiary/aromatic N) is 3. The molecule has 0 aromatic heterocycles. The van der Waals surface area contributed by atoms with Gasteiger partial charge in [0, 0.05) is 37.8 Å². The molecule has 0 unspecified atom stereocenters. The van der Waals surface area contributed by atoms with Crippen LogP contribution in [0.2, 0.25) is 0 Å². The maximum absolute atomic E-state index is 13.6. The fourth-order valence-electron chi connectivity index (χ4n) is 5.49. The Morgan fingerprint density at radius 1 is 0.761 bits per heavy atom. The first-order chi connectivity index (χ1) is 22.3. The molecule has 9 heteroatoms. The van der Waals surface area contributed by atoms with Crippen LogP contribution in [0, 0.1) is 0 Å². The Balaban J connectivity index is 1.40. The van der Waals surface area contributed by atoms with Crippen LogP contribution in [0.1, 0.15) is 39.1 Å². The SMILES string of the molecule is CN(C)CCCN(C)c1ccc(-c2cccc(CN(CCCN)C(=O)c3ccc4c(c3)OCO4)c2)cc1NC(=O)c1ccccc1. The predicted octanol–water partition coefficient (Wildman–Crippen LogP) is 5.71. The minimum absolute atomic E-state index is 0.0929. The summed E-state index contributed by atoms with van der Waals surface area (Å²) >= 11 is 0. The van der Waals surface area contributed by atoms with Crippen molar-refractivity contribution in [3.63, 3.8) is 0 Å². The van der Waals surface area contributed by atoms with E-state index < -0.39 is 0 Å². The summed E-state index contributed by atoms with van der Waals surface area (Å²) in [5, 5.41) is 3.16. The lowest BCUT2D eigenvalue weighted by atomic mass is 10.0. The van der Waals surface area contributed by atoms with Gasteiger partial charge in [-0.15, -0.1) is 0 Å². The van der Waals surface area contributed by atoms with E-state index in [1.54, 1.807) is 18.2 Å². The van der Waals surface area contributed by atoms with Gasteiger partial charge < -0.3 is 35.2 Å². The molecule has 0 spiro atoms. The summed E-state index contributed by atoms with van der Waals surface area (Å²) in [4.78, 5) is 33.0. The normalized spacial score (nSPS) is 11.8. The highest BCUT2D eigenvalue weighted by Gasteiger charge is 2.21. The first kappa shape index (κ1) is 32.5. The van der Waals surface area contributed by atoms with Gasteiger partial charge in [0.1, 0.15) is 0 Å². The molecule has 1 heterocycles. The van der Waals surface area contributed by atoms with Crippen LogP contribution in [0.3, 0.4) is 0 Å². The van der Waals surface area contributed by atoms with Crippen LogP contribution in [0.25, 0.3) is 11.1 Å². The van der Waals surface area contributed by atoms with Gasteiger partial charge in [0.15, 0.2) is 11.5 Å². The molecule has 4 aromatic carbocycles. The van der Waals surface area contributed by atoms with Crippen LogP contribution < -0.4 is 25.4 Å². The van der Waals surface area contributed by atoms with Crippen molar-refractivity contribution in [1.82, 2.24) is 9.80 Å². The molecular weight excluding hydrogens is 578 g/mol. The quantitative estimate of drug-likeness (QED) is 0.186. The molecule has 5 rings (SSSR count). The number of carbonyl (C=O) groups is 2. The van der Waals surface area contributed by atoms with Crippen LogP contribution in [0.15, 0.2) is 91.0 Å². The molecule has 4 aromatic rings. The van der Waals surface area contributed by atoms with E-state index in [-0.39, 0.29) is 18.6 Å². The summed E-state index contributed by atoms with van der Waals surface area (Å²) in [5.41, 5.74) is 11.6. The van der Waals surface area contributed by atoms with Gasteiger partial charge in [-0.3, -0.25) is 9.59 Å². The van der Waals surface area contributed by atoms with Crippen molar-refractivity contribution < 1.29 is 19.1 Å². The third-order valence-electron chi connectivity index (χ3n) is 7.96. The molecule has 0 saturated heterocycles. The van der Waals surface area contributed by atoms with E-state index >= 15 is 0 Å². The first-order valence-corrected chi connectivity index (χ1v) is 15.7. The Hall–Kier alpha value is -4.86. The molecule has 0 fully saturated rings. The number of anilines is 2. The lowest BCUT2D eigenvalue weighted by molar-refractivity contribution is 0.0741. The molecule has 9 nitrogen and oxygen atoms in total. The van der Waals surface area contributed by atoms with E-state index in [4.69, 9.17) is 15.2 Å². The fourth-order valence-corrected chi connectivity index (χ4v) is 5.49. The van der Waals surface area contributed by atoms with E-state index in [0.717, 1.165) is 47.6 Å². The number of amides is 2. The highest BCUT2D eigenvalue weighted by atomic mass is 16.7. The number of fused-ring (bicyclic) bond motifs is 1. The van der Waals surface area contributed by atoms with E-state index in [1.165, 1.54) is 0 Å². The number of nitrogens with one attached hydrogen (secondary N) is 1. The van der Waals surface area contributed by atoms with Crippen molar-refractivity contribution in [3.05, 3.63) is 108 Å². The summed E-state index contributed by atoms with van der Waals surface area (Å²) < 4.78 is 10.9. The Morgan fingerprint density at radius 2 is 1.54 bits per heavy atom. The lowest BCUT2D eigenvalue weighted by Crippen LogP contribution is -2.32. The summed E-state index contributed by atoms with van der Waals surface area (Å²) in [5.74, 6) is 0.966. The summed E-state index contributed by atoms with van der Waals surface area (Å²) in [7, 11) is 6.19. The molecule has 0 bridgehead atoms. The molecule has 1 aliphatic heterocycles. The zero-order chi connectivity index (χ0) is 32.5. The largest absolute Gasteiger partial charge is 0.454 e. The highest BCUT2D eigenvalue weighted by Crippen LogP contribution is 2.34. The minimum atomic E-state index is -0.160. The average molecular weight is 622 g/mol. The smallest absolute Gasteiger partial charge is 0.255 e. The van der Waals surface area contributed by atoms with Crippen molar-refractivity contribution in [2.24, 2.45) is 5.73 Å². The van der Waals surface area contributed by atoms with Gasteiger partial charge in [0.05, 0.1) is 11.4 Å². The van der Waals surface area contributed by atoms with Crippen LogP contribution in [-0.4, -0.2) is 75.7 Å². The molecule has 46 heavy (non-hydrogen) atoms. The molecule has 2 amide bonds. The number of hydrogen-bond acceptors (Lipinski definition) is 7. The number of benzene rings is 4. The molecule has 1 aliphatic rings. The monoisotopic (exact) mass is 621 g/mol. The van der Waals surface area contributed by atoms with E-state index in [1.807, 2.05) is 59.5 Å². The third-order valence-corrected chi connectivity index (χ3v) is 7.96. The Labute approximate surface area is 271 Å². The number of nitrogens with two attached hydrogens (primary N) is 1. The molecular formula is C37H43N5O4. The van der Waals surface area contributed by atoms with Crippen molar-refractivity contribution in [2.75, 3.05) is 64.3 Å². The molecule has 0 aliphatic carbocycles. The minimum Gasteiger partial charge on any atom is -0.454 e. The van der Waals surface area contributed by atoms with Gasteiger partial charge in [-0.2, -0.15) is 0 Å². The van der Waals surface area contributed by atoms with Crippen LogP contribution in [0.4, 0.5) is 11.4 Å². The molecule has 0 atom stereocenters. The predicted molar refractivity (Wildman–Crippen MR) is 184 cm³/mol. The van der Waals surface area contributed by atoms with Gasteiger partial charge in [-0.1, -0.05) is 42.5 Å². The third kappa shape index (κ3) is 8.24. The van der Waals surface area contributed by atoms with Crippen molar-refractivity contribution in [1.29, 1.82) is 0 Å². The zero-order valence-electron chi connectivity index (χ0n) is 26.9. The Morgan fingerprint density at radius 3 is 2.33 bits per heavy atom. The van der Waals surface area contributed by atoms with Gasteiger partial charge in [-0.25, -0.2) is 0 Å². The van der Waals surface area contributed by atoms with E-state index in [2.05, 4.69) is 54.5 Å². The standard InChI is InChI=1S/C37H43N5O4/c1-40(2)19-9-20-41(3)33-16-14-30(23-32(33)39-36(43)28-11-5-4-6-12-28)29-13-7-10-27(22-29)25-42(21-8-18-38)37(44)31-15-17-34-35(24-31)46-26-45-34/h4-7,10-17,22-24H,8-9,18-21,25-26,38H2,1-3H3,(H,39,43). The van der Waals surface area contributed by atoms with Crippen LogP contribution >= 0.6 is 0 Å². The maximum Gasteiger partial charge on any atom is 0.255 e. The van der Waals surface area contributed by atoms with E-state index in [9.17, 15) is 9.59 Å². The number of rotatable bonds is 14. The fraction of sp³-hybridized carbons (Fsp3) is 0.297. The van der Waals surface area contributed by atoms with Crippen molar-refractivity contribution >= 4 is 23.2 Å². The number of ether oxygens (including phenoxy) is 2. The lowest BCUT2D eigenvalue weighted by Gasteiger charge is -2.25. The first-order valence-electron chi connectivity index (χ1n) is 15.7.